The molecule has 1 aliphatic heterocycles. The average Bonchev–Trinajstić information content (AvgIpc) is 3.10. The molecule has 0 bridgehead atoms. The zero-order valence-corrected chi connectivity index (χ0v) is 18.8. The molecule has 0 aliphatic carbocycles. The normalized spacial score (nSPS) is 13.1. The minimum absolute atomic E-state index is 0. The molecule has 2 heterocycles. The number of nitrogens with one attached hydrogen (secondary N) is 1. The number of benzene rings is 2. The van der Waals surface area contributed by atoms with E-state index in [2.05, 4.69) is 23.5 Å². The summed E-state index contributed by atoms with van der Waals surface area (Å²) >= 11 is 0. The van der Waals surface area contributed by atoms with Crippen LogP contribution in [0.3, 0.4) is 0 Å². The van der Waals surface area contributed by atoms with Crippen LogP contribution in [0.25, 0.3) is 10.9 Å². The van der Waals surface area contributed by atoms with Crippen molar-refractivity contribution in [3.05, 3.63) is 97.4 Å². The predicted molar refractivity (Wildman–Crippen MR) is 120 cm³/mol. The van der Waals surface area contributed by atoms with E-state index in [4.69, 9.17) is 0 Å². The molecule has 0 saturated carbocycles. The number of para-hydroxylation sites is 1. The Labute approximate surface area is 196 Å². The maximum Gasteiger partial charge on any atom is 0.224 e. The molecule has 4 aromatic rings. The Morgan fingerprint density at radius 2 is 1.94 bits per heavy atom. The summed E-state index contributed by atoms with van der Waals surface area (Å²) in [6, 6.07) is 16.9. The zero-order valence-electron chi connectivity index (χ0n) is 17.7. The predicted octanol–water partition coefficient (Wildman–Crippen LogP) is 1.99. The van der Waals surface area contributed by atoms with Crippen LogP contribution in [0, 0.1) is 6.07 Å². The average molecular weight is 467 g/mol. The Morgan fingerprint density at radius 3 is 2.72 bits per heavy atom. The van der Waals surface area contributed by atoms with Gasteiger partial charge >= 0.3 is 0 Å². The van der Waals surface area contributed by atoms with Crippen molar-refractivity contribution in [2.24, 2.45) is 7.05 Å². The van der Waals surface area contributed by atoms with Gasteiger partial charge in [0.15, 0.2) is 0 Å². The van der Waals surface area contributed by atoms with Crippen molar-refractivity contribution in [3.8, 4) is 0 Å². The van der Waals surface area contributed by atoms with Crippen LogP contribution in [0.15, 0.2) is 58.3 Å². The summed E-state index contributed by atoms with van der Waals surface area (Å²) in [7, 11) is 1.99. The van der Waals surface area contributed by atoms with E-state index in [1.165, 1.54) is 5.56 Å². The molecule has 0 fully saturated rings. The largest absolute Gasteiger partial charge is 0.385 e. The van der Waals surface area contributed by atoms with E-state index in [-0.39, 0.29) is 23.0 Å². The SMILES string of the molecule is Cn1cc(CC(=O)NCc2ccc3c(c2)CN(c2[c-]c(=O)c2=O)CC3)c2ccccc21.[Mn]. The molecule has 5 rings (SSSR count). The van der Waals surface area contributed by atoms with Gasteiger partial charge in [0.2, 0.25) is 5.91 Å². The van der Waals surface area contributed by atoms with Gasteiger partial charge in [0, 0.05) is 60.9 Å². The number of aromatic nitrogens is 1. The molecule has 1 aliphatic rings. The van der Waals surface area contributed by atoms with Gasteiger partial charge in [-0.2, -0.15) is 0 Å². The van der Waals surface area contributed by atoms with E-state index in [1.807, 2.05) is 53.0 Å². The van der Waals surface area contributed by atoms with Crippen LogP contribution in [0.5, 0.6) is 0 Å². The first-order chi connectivity index (χ1) is 15.0. The van der Waals surface area contributed by atoms with Crippen LogP contribution in [-0.2, 0) is 54.8 Å². The number of hydrogen-bond acceptors (Lipinski definition) is 4. The Balaban J connectivity index is 0.00000245. The summed E-state index contributed by atoms with van der Waals surface area (Å²) < 4.78 is 2.04. The third-order valence-electron chi connectivity index (χ3n) is 6.07. The molecule has 163 valence electrons. The molecule has 6 nitrogen and oxygen atoms in total. The second kappa shape index (κ2) is 8.77. The van der Waals surface area contributed by atoms with Gasteiger partial charge in [0.25, 0.3) is 0 Å². The molecule has 1 N–H and O–H groups in total. The van der Waals surface area contributed by atoms with Gasteiger partial charge in [-0.25, -0.2) is 0 Å². The van der Waals surface area contributed by atoms with Crippen molar-refractivity contribution in [1.82, 2.24) is 9.88 Å². The van der Waals surface area contributed by atoms with E-state index in [0.29, 0.717) is 31.7 Å². The fourth-order valence-electron chi connectivity index (χ4n) is 4.40. The first kappa shape index (κ1) is 22.1. The second-order valence-electron chi connectivity index (χ2n) is 8.14. The Kier molecular flexibility index (Phi) is 6.04. The number of anilines is 1. The van der Waals surface area contributed by atoms with Gasteiger partial charge in [-0.15, -0.1) is 6.07 Å². The molecular weight excluding hydrogens is 445 g/mol. The quantitative estimate of drug-likeness (QED) is 0.277. The van der Waals surface area contributed by atoms with E-state index < -0.39 is 10.9 Å². The minimum atomic E-state index is -0.538. The van der Waals surface area contributed by atoms with Crippen LogP contribution in [-0.4, -0.2) is 17.0 Å². The van der Waals surface area contributed by atoms with Crippen LogP contribution in [0.4, 0.5) is 5.69 Å². The maximum absolute atomic E-state index is 12.6. The number of nitrogens with zero attached hydrogens (tertiary/aromatic N) is 2. The van der Waals surface area contributed by atoms with Gasteiger partial charge in [-0.05, 0) is 40.4 Å². The molecule has 1 radical (unpaired) electrons. The van der Waals surface area contributed by atoms with Crippen LogP contribution in [0.1, 0.15) is 22.3 Å². The van der Waals surface area contributed by atoms with E-state index in [9.17, 15) is 14.4 Å². The van der Waals surface area contributed by atoms with E-state index >= 15 is 0 Å². The fraction of sp³-hybridized carbons (Fsp3) is 0.240. The maximum atomic E-state index is 12.6. The van der Waals surface area contributed by atoms with Crippen molar-refractivity contribution in [2.75, 3.05) is 11.4 Å². The molecule has 32 heavy (non-hydrogen) atoms. The first-order valence-corrected chi connectivity index (χ1v) is 10.4. The van der Waals surface area contributed by atoms with Crippen LogP contribution in [0.2, 0.25) is 0 Å². The number of carbonyl (C=O) groups is 1. The van der Waals surface area contributed by atoms with Crippen molar-refractivity contribution in [2.45, 2.75) is 25.9 Å². The summed E-state index contributed by atoms with van der Waals surface area (Å²) in [6.45, 7) is 1.73. The molecule has 0 spiro atoms. The van der Waals surface area contributed by atoms with Crippen molar-refractivity contribution in [1.29, 1.82) is 0 Å². The van der Waals surface area contributed by atoms with Crippen molar-refractivity contribution >= 4 is 22.5 Å². The minimum Gasteiger partial charge on any atom is -0.385 e. The number of rotatable bonds is 5. The Morgan fingerprint density at radius 1 is 1.12 bits per heavy atom. The van der Waals surface area contributed by atoms with E-state index in [1.54, 1.807) is 0 Å². The summed E-state index contributed by atoms with van der Waals surface area (Å²) in [5, 5.41) is 4.12. The molecule has 1 amide bonds. The third-order valence-corrected chi connectivity index (χ3v) is 6.07. The van der Waals surface area contributed by atoms with E-state index in [0.717, 1.165) is 34.0 Å². The zero-order chi connectivity index (χ0) is 21.5. The van der Waals surface area contributed by atoms with Gasteiger partial charge in [0.1, 0.15) is 10.9 Å². The number of aryl methyl sites for hydroxylation is 1. The topological polar surface area (TPSA) is 71.4 Å². The number of amides is 1. The van der Waals surface area contributed by atoms with Crippen molar-refractivity contribution in [3.63, 3.8) is 0 Å². The molecule has 0 saturated heterocycles. The third kappa shape index (κ3) is 4.01. The number of fused-ring (bicyclic) bond motifs is 2. The van der Waals surface area contributed by atoms with Gasteiger partial charge in [-0.3, -0.25) is 4.79 Å². The van der Waals surface area contributed by atoms with Gasteiger partial charge in [0.05, 0.1) is 6.42 Å². The molecule has 0 unspecified atom stereocenters. The van der Waals surface area contributed by atoms with Gasteiger partial charge in [-0.1, -0.05) is 36.4 Å². The molecule has 0 atom stereocenters. The summed E-state index contributed by atoms with van der Waals surface area (Å²) in [4.78, 5) is 37.4. The number of carbonyl (C=O) groups excluding carboxylic acids is 1. The summed E-state index contributed by atoms with van der Waals surface area (Å²) in [5.41, 5.74) is 4.91. The smallest absolute Gasteiger partial charge is 0.224 e. The summed E-state index contributed by atoms with van der Waals surface area (Å²) in [6.07, 6.45) is 3.16. The van der Waals surface area contributed by atoms with Crippen LogP contribution < -0.4 is 21.1 Å². The molecule has 3 aromatic carbocycles. The Bertz CT molecular complexity index is 1380. The standard InChI is InChI=1S/C25H22N3O3.Mn/c1-27-14-19(20-4-2-3-5-21(20)27)11-24(30)26-13-16-6-7-17-8-9-28(15-18(17)10-16)22-12-23(29)25(22)31;/h2-7,10,14H,8-9,11,13,15H2,1H3,(H,26,30);/q-1;. The first-order valence-electron chi connectivity index (χ1n) is 10.4. The Hall–Kier alpha value is -3.15. The van der Waals surface area contributed by atoms with Crippen LogP contribution >= 0.6 is 0 Å². The summed E-state index contributed by atoms with van der Waals surface area (Å²) in [5.74, 6) is -0.0194. The molecule has 1 aromatic heterocycles. The monoisotopic (exact) mass is 467 g/mol. The van der Waals surface area contributed by atoms with Gasteiger partial charge < -0.3 is 24.4 Å². The second-order valence-corrected chi connectivity index (χ2v) is 8.14. The van der Waals surface area contributed by atoms with Crippen molar-refractivity contribution < 1.29 is 21.9 Å². The molecular formula is C25H22MnN3O3-. The molecule has 7 heteroatoms. The number of hydrogen-bond donors (Lipinski definition) is 1. The fourth-order valence-corrected chi connectivity index (χ4v) is 4.40.